The van der Waals surface area contributed by atoms with Gasteiger partial charge in [0.1, 0.15) is 5.69 Å². The standard InChI is InChI=1S/C28H26F3N5O3/c1-16-9-17(24-13-32-15-39-24)11-18(10-16)25-21-3-2-7-33-26(21)27(38)36(34-25)23-12-19(35-8-6-20(37)14-35)4-5-22(23)28(29,30)31/h4-5,9-13,15,20,33,37H,2-3,6-8,14H2,1H3. The van der Waals surface area contributed by atoms with Crippen molar-refractivity contribution < 1.29 is 22.7 Å². The Kier molecular flexibility index (Phi) is 6.17. The van der Waals surface area contributed by atoms with Crippen molar-refractivity contribution in [1.82, 2.24) is 14.8 Å². The van der Waals surface area contributed by atoms with E-state index in [-0.39, 0.29) is 11.4 Å². The van der Waals surface area contributed by atoms with Gasteiger partial charge in [-0.3, -0.25) is 4.79 Å². The lowest BCUT2D eigenvalue weighted by Crippen LogP contribution is -2.31. The molecular weight excluding hydrogens is 511 g/mol. The Balaban J connectivity index is 1.59. The monoisotopic (exact) mass is 537 g/mol. The molecule has 0 aliphatic carbocycles. The van der Waals surface area contributed by atoms with Crippen LogP contribution in [0.4, 0.5) is 24.5 Å². The number of aromatic nitrogens is 3. The average molecular weight is 538 g/mol. The first-order valence-electron chi connectivity index (χ1n) is 12.7. The summed E-state index contributed by atoms with van der Waals surface area (Å²) < 4.78 is 49.0. The zero-order chi connectivity index (χ0) is 27.3. The number of hydrogen-bond acceptors (Lipinski definition) is 7. The Morgan fingerprint density at radius 1 is 1.15 bits per heavy atom. The Morgan fingerprint density at radius 3 is 2.69 bits per heavy atom. The highest BCUT2D eigenvalue weighted by Gasteiger charge is 2.36. The smallest absolute Gasteiger partial charge is 0.418 e. The molecule has 4 heterocycles. The first-order chi connectivity index (χ1) is 18.7. The van der Waals surface area contributed by atoms with Crippen LogP contribution in [0.1, 0.15) is 29.5 Å². The highest BCUT2D eigenvalue weighted by Crippen LogP contribution is 2.38. The number of β-amino-alcohol motifs (C(OH)–C–C–N with tert-alkyl or cyclic N) is 1. The summed E-state index contributed by atoms with van der Waals surface area (Å²) >= 11 is 0. The van der Waals surface area contributed by atoms with Gasteiger partial charge >= 0.3 is 6.18 Å². The number of aliphatic hydroxyl groups is 1. The van der Waals surface area contributed by atoms with Crippen LogP contribution >= 0.6 is 0 Å². The minimum absolute atomic E-state index is 0.254. The molecule has 6 rings (SSSR count). The molecule has 2 aromatic heterocycles. The Hall–Kier alpha value is -4.12. The van der Waals surface area contributed by atoms with E-state index in [1.807, 2.05) is 25.1 Å². The van der Waals surface area contributed by atoms with Crippen molar-refractivity contribution in [3.05, 3.63) is 76.0 Å². The molecule has 2 N–H and O–H groups in total. The van der Waals surface area contributed by atoms with Crippen molar-refractivity contribution in [2.75, 3.05) is 29.9 Å². The van der Waals surface area contributed by atoms with Crippen LogP contribution in [0.5, 0.6) is 0 Å². The van der Waals surface area contributed by atoms with Crippen LogP contribution in [0.2, 0.25) is 0 Å². The topological polar surface area (TPSA) is 96.4 Å². The molecule has 1 unspecified atom stereocenters. The third kappa shape index (κ3) is 4.67. The molecular formula is C28H26F3N5O3. The molecule has 202 valence electrons. The molecule has 39 heavy (non-hydrogen) atoms. The van der Waals surface area contributed by atoms with Gasteiger partial charge in [0.05, 0.1) is 29.2 Å². The minimum Gasteiger partial charge on any atom is -0.444 e. The van der Waals surface area contributed by atoms with Crippen LogP contribution in [0, 0.1) is 6.92 Å². The molecule has 4 aromatic rings. The van der Waals surface area contributed by atoms with E-state index in [0.717, 1.165) is 28.3 Å². The summed E-state index contributed by atoms with van der Waals surface area (Å²) in [5, 5.41) is 17.7. The van der Waals surface area contributed by atoms with Crippen molar-refractivity contribution in [3.8, 4) is 28.3 Å². The summed E-state index contributed by atoms with van der Waals surface area (Å²) in [5.74, 6) is 0.542. The second kappa shape index (κ2) is 9.57. The molecule has 0 radical (unpaired) electrons. The number of alkyl halides is 3. The molecule has 2 aliphatic heterocycles. The van der Waals surface area contributed by atoms with Gasteiger partial charge in [0, 0.05) is 42.0 Å². The third-order valence-corrected chi connectivity index (χ3v) is 7.21. The Morgan fingerprint density at radius 2 is 1.97 bits per heavy atom. The lowest BCUT2D eigenvalue weighted by atomic mass is 9.95. The van der Waals surface area contributed by atoms with Crippen molar-refractivity contribution in [1.29, 1.82) is 0 Å². The van der Waals surface area contributed by atoms with Gasteiger partial charge < -0.3 is 19.7 Å². The number of nitrogens with zero attached hydrogens (tertiary/aromatic N) is 4. The van der Waals surface area contributed by atoms with Gasteiger partial charge in [-0.05, 0) is 68.1 Å². The van der Waals surface area contributed by atoms with Crippen LogP contribution in [0.25, 0.3) is 28.3 Å². The fourth-order valence-corrected chi connectivity index (χ4v) is 5.39. The number of oxazole rings is 1. The summed E-state index contributed by atoms with van der Waals surface area (Å²) in [7, 11) is 0. The summed E-state index contributed by atoms with van der Waals surface area (Å²) in [5.41, 5.74) is 2.16. The Labute approximate surface area is 221 Å². The molecule has 0 saturated carbocycles. The summed E-state index contributed by atoms with van der Waals surface area (Å²) in [6.45, 7) is 3.23. The van der Waals surface area contributed by atoms with Gasteiger partial charge in [-0.2, -0.15) is 23.0 Å². The number of benzene rings is 2. The molecule has 0 amide bonds. The predicted molar refractivity (Wildman–Crippen MR) is 140 cm³/mol. The van der Waals surface area contributed by atoms with E-state index in [1.165, 1.54) is 18.5 Å². The number of aryl methyl sites for hydroxylation is 1. The van der Waals surface area contributed by atoms with E-state index in [0.29, 0.717) is 60.7 Å². The van der Waals surface area contributed by atoms with E-state index in [1.54, 1.807) is 11.1 Å². The maximum atomic E-state index is 14.2. The normalized spacial score (nSPS) is 17.3. The molecule has 1 atom stereocenters. The first kappa shape index (κ1) is 25.2. The van der Waals surface area contributed by atoms with E-state index < -0.39 is 23.4 Å². The molecule has 2 aromatic carbocycles. The van der Waals surface area contributed by atoms with Gasteiger partial charge in [0.2, 0.25) is 0 Å². The number of rotatable bonds is 4. The quantitative estimate of drug-likeness (QED) is 0.386. The summed E-state index contributed by atoms with van der Waals surface area (Å²) in [6.07, 6.45) is -0.534. The molecule has 0 spiro atoms. The van der Waals surface area contributed by atoms with Crippen LogP contribution < -0.4 is 15.8 Å². The van der Waals surface area contributed by atoms with E-state index in [9.17, 15) is 23.1 Å². The van der Waals surface area contributed by atoms with Crippen LogP contribution in [-0.4, -0.2) is 45.6 Å². The van der Waals surface area contributed by atoms with Crippen molar-refractivity contribution in [3.63, 3.8) is 0 Å². The van der Waals surface area contributed by atoms with Crippen molar-refractivity contribution >= 4 is 11.4 Å². The lowest BCUT2D eigenvalue weighted by molar-refractivity contribution is -0.137. The number of halogens is 3. The zero-order valence-corrected chi connectivity index (χ0v) is 21.1. The molecule has 11 heteroatoms. The van der Waals surface area contributed by atoms with Gasteiger partial charge in [-0.1, -0.05) is 0 Å². The minimum atomic E-state index is -4.72. The Bertz CT molecular complexity index is 1600. The molecule has 2 aliphatic rings. The summed E-state index contributed by atoms with van der Waals surface area (Å²) in [4.78, 5) is 19.5. The highest BCUT2D eigenvalue weighted by atomic mass is 19.4. The number of anilines is 2. The van der Waals surface area contributed by atoms with Crippen molar-refractivity contribution in [2.45, 2.75) is 38.5 Å². The zero-order valence-electron chi connectivity index (χ0n) is 21.1. The van der Waals surface area contributed by atoms with Crippen molar-refractivity contribution in [2.24, 2.45) is 0 Å². The SMILES string of the molecule is Cc1cc(-c2cnco2)cc(-c2nn(-c3cc(N4CCC(O)C4)ccc3C(F)(F)F)c(=O)c3c2CCCN3)c1. The fourth-order valence-electron chi connectivity index (χ4n) is 5.39. The molecule has 0 bridgehead atoms. The molecule has 1 fully saturated rings. The molecule has 8 nitrogen and oxygen atoms in total. The van der Waals surface area contributed by atoms with Crippen LogP contribution in [0.15, 0.2) is 58.2 Å². The third-order valence-electron chi connectivity index (χ3n) is 7.21. The highest BCUT2D eigenvalue weighted by molar-refractivity contribution is 5.75. The average Bonchev–Trinajstić information content (AvgIpc) is 3.60. The van der Waals surface area contributed by atoms with Gasteiger partial charge in [-0.25, -0.2) is 4.98 Å². The maximum Gasteiger partial charge on any atom is 0.418 e. The largest absolute Gasteiger partial charge is 0.444 e. The van der Waals surface area contributed by atoms with Gasteiger partial charge in [-0.15, -0.1) is 0 Å². The lowest BCUT2D eigenvalue weighted by Gasteiger charge is -2.24. The van der Waals surface area contributed by atoms with E-state index >= 15 is 0 Å². The number of nitrogens with one attached hydrogen (secondary N) is 1. The van der Waals surface area contributed by atoms with Crippen LogP contribution in [-0.2, 0) is 12.6 Å². The predicted octanol–water partition coefficient (Wildman–Crippen LogP) is 4.81. The van der Waals surface area contributed by atoms with E-state index in [4.69, 9.17) is 4.42 Å². The van der Waals surface area contributed by atoms with Crippen LogP contribution in [0.3, 0.4) is 0 Å². The maximum absolute atomic E-state index is 14.2. The number of hydrogen-bond donors (Lipinski definition) is 2. The number of aliphatic hydroxyl groups excluding tert-OH is 1. The fraction of sp³-hybridized carbons (Fsp3) is 0.321. The second-order valence-corrected chi connectivity index (χ2v) is 9.99. The van der Waals surface area contributed by atoms with Gasteiger partial charge in [0.15, 0.2) is 12.2 Å². The summed E-state index contributed by atoms with van der Waals surface area (Å²) in [6, 6.07) is 9.33. The van der Waals surface area contributed by atoms with E-state index in [2.05, 4.69) is 15.4 Å². The molecule has 1 saturated heterocycles. The number of fused-ring (bicyclic) bond motifs is 1. The first-order valence-corrected chi connectivity index (χ1v) is 12.7. The van der Waals surface area contributed by atoms with Gasteiger partial charge in [0.25, 0.3) is 5.56 Å². The second-order valence-electron chi connectivity index (χ2n) is 9.99.